The largest absolute Gasteiger partial charge is 0.328 e. The molecule has 4 heteroatoms. The topological polar surface area (TPSA) is 43.8 Å². The second-order valence-corrected chi connectivity index (χ2v) is 6.42. The Morgan fingerprint density at radius 3 is 2.75 bits per heavy atom. The van der Waals surface area contributed by atoms with Crippen LogP contribution in [-0.4, -0.2) is 15.8 Å². The minimum Gasteiger partial charge on any atom is -0.328 e. The number of aryl methyl sites for hydroxylation is 3. The third-order valence-corrected chi connectivity index (χ3v) is 4.53. The quantitative estimate of drug-likeness (QED) is 0.860. The van der Waals surface area contributed by atoms with Crippen LogP contribution in [0.5, 0.6) is 0 Å². The highest BCUT2D eigenvalue weighted by Crippen LogP contribution is 2.28. The monoisotopic (exact) mass is 289 g/mol. The van der Waals surface area contributed by atoms with Gasteiger partial charge < -0.3 is 5.73 Å². The van der Waals surface area contributed by atoms with E-state index in [0.29, 0.717) is 0 Å². The number of hydrogen-bond acceptors (Lipinski definition) is 3. The molecule has 2 rings (SSSR count). The zero-order chi connectivity index (χ0) is 14.7. The van der Waals surface area contributed by atoms with Crippen molar-refractivity contribution in [1.29, 1.82) is 0 Å². The minimum atomic E-state index is 0.163. The molecule has 1 aromatic heterocycles. The van der Waals surface area contributed by atoms with Gasteiger partial charge in [0, 0.05) is 24.4 Å². The van der Waals surface area contributed by atoms with Crippen molar-refractivity contribution < 1.29 is 0 Å². The molecule has 3 nitrogen and oxygen atoms in total. The van der Waals surface area contributed by atoms with Crippen LogP contribution in [0.2, 0.25) is 0 Å². The summed E-state index contributed by atoms with van der Waals surface area (Å²) in [6.45, 7) is 6.24. The van der Waals surface area contributed by atoms with E-state index in [9.17, 15) is 0 Å². The first-order valence-electron chi connectivity index (χ1n) is 6.93. The summed E-state index contributed by atoms with van der Waals surface area (Å²) in [7, 11) is 2.01. The fourth-order valence-corrected chi connectivity index (χ4v) is 3.49. The van der Waals surface area contributed by atoms with Crippen LogP contribution in [0.4, 0.5) is 0 Å². The number of rotatable bonds is 5. The van der Waals surface area contributed by atoms with Crippen molar-refractivity contribution in [3.8, 4) is 0 Å². The van der Waals surface area contributed by atoms with Crippen LogP contribution in [0.1, 0.15) is 29.3 Å². The first kappa shape index (κ1) is 15.1. The lowest BCUT2D eigenvalue weighted by atomic mass is 10.1. The predicted octanol–water partition coefficient (Wildman–Crippen LogP) is 3.22. The van der Waals surface area contributed by atoms with Crippen molar-refractivity contribution in [2.75, 3.05) is 0 Å². The molecule has 1 aromatic carbocycles. The van der Waals surface area contributed by atoms with Crippen LogP contribution in [0, 0.1) is 13.8 Å². The Hall–Kier alpha value is -1.26. The second-order valence-electron chi connectivity index (χ2n) is 5.45. The third-order valence-electron chi connectivity index (χ3n) is 3.27. The molecular formula is C16H23N3S. The molecule has 1 unspecified atom stereocenters. The summed E-state index contributed by atoms with van der Waals surface area (Å²) in [4.78, 5) is 0. The van der Waals surface area contributed by atoms with Crippen molar-refractivity contribution in [3.05, 3.63) is 46.6 Å². The van der Waals surface area contributed by atoms with Gasteiger partial charge in [0.05, 0.1) is 10.7 Å². The van der Waals surface area contributed by atoms with E-state index in [0.717, 1.165) is 17.9 Å². The van der Waals surface area contributed by atoms with Crippen molar-refractivity contribution in [1.82, 2.24) is 9.78 Å². The molecule has 0 amide bonds. The van der Waals surface area contributed by atoms with Gasteiger partial charge in [0.2, 0.25) is 0 Å². The lowest BCUT2D eigenvalue weighted by molar-refractivity contribution is 0.677. The second kappa shape index (κ2) is 6.46. The molecular weight excluding hydrogens is 266 g/mol. The van der Waals surface area contributed by atoms with E-state index in [1.807, 2.05) is 30.4 Å². The van der Waals surface area contributed by atoms with Crippen LogP contribution in [0.3, 0.4) is 0 Å². The van der Waals surface area contributed by atoms with Crippen molar-refractivity contribution in [3.63, 3.8) is 0 Å². The van der Waals surface area contributed by atoms with E-state index in [4.69, 9.17) is 5.73 Å². The van der Waals surface area contributed by atoms with Crippen LogP contribution in [0.15, 0.2) is 29.3 Å². The maximum atomic E-state index is 5.95. The number of benzene rings is 1. The molecule has 0 aliphatic heterocycles. The first-order valence-corrected chi connectivity index (χ1v) is 7.92. The lowest BCUT2D eigenvalue weighted by Crippen LogP contribution is -2.18. The highest BCUT2D eigenvalue weighted by atomic mass is 32.2. The highest BCUT2D eigenvalue weighted by molar-refractivity contribution is 7.98. The molecule has 0 bridgehead atoms. The maximum absolute atomic E-state index is 5.95. The lowest BCUT2D eigenvalue weighted by Gasteiger charge is -2.09. The normalized spacial score (nSPS) is 12.7. The molecule has 2 aromatic rings. The van der Waals surface area contributed by atoms with Crippen molar-refractivity contribution in [2.45, 2.75) is 44.0 Å². The number of nitrogens with zero attached hydrogens (tertiary/aromatic N) is 2. The molecule has 2 N–H and O–H groups in total. The molecule has 20 heavy (non-hydrogen) atoms. The van der Waals surface area contributed by atoms with Gasteiger partial charge in [0.15, 0.2) is 0 Å². The summed E-state index contributed by atoms with van der Waals surface area (Å²) in [5.74, 6) is 0.965. The van der Waals surface area contributed by atoms with E-state index < -0.39 is 0 Å². The first-order chi connectivity index (χ1) is 9.47. The molecule has 0 fully saturated rings. The van der Waals surface area contributed by atoms with Crippen LogP contribution in [-0.2, 0) is 19.2 Å². The number of aromatic nitrogens is 2. The Morgan fingerprint density at radius 2 is 2.10 bits per heavy atom. The van der Waals surface area contributed by atoms with Gasteiger partial charge in [0.1, 0.15) is 0 Å². The third kappa shape index (κ3) is 3.64. The summed E-state index contributed by atoms with van der Waals surface area (Å²) in [6.07, 6.45) is 0.885. The fraction of sp³-hybridized carbons (Fsp3) is 0.438. The Labute approximate surface area is 125 Å². The highest BCUT2D eigenvalue weighted by Gasteiger charge is 2.15. The molecule has 0 radical (unpaired) electrons. The smallest absolute Gasteiger partial charge is 0.0975 e. The van der Waals surface area contributed by atoms with Crippen LogP contribution in [0.25, 0.3) is 0 Å². The molecule has 0 aliphatic rings. The zero-order valence-electron chi connectivity index (χ0n) is 12.7. The molecule has 1 heterocycles. The van der Waals surface area contributed by atoms with Crippen molar-refractivity contribution >= 4 is 11.8 Å². The summed E-state index contributed by atoms with van der Waals surface area (Å²) in [5, 5.41) is 5.77. The van der Waals surface area contributed by atoms with E-state index in [2.05, 4.69) is 43.2 Å². The standard InChI is InChI=1S/C16H23N3S/c1-11-6-5-7-14(8-11)10-20-16-15(9-12(2)17)13(3)18-19(16)4/h5-8,12H,9-10,17H2,1-4H3. The molecule has 0 saturated heterocycles. The summed E-state index contributed by atoms with van der Waals surface area (Å²) in [6, 6.07) is 8.82. The number of hydrogen-bond donors (Lipinski definition) is 1. The number of nitrogens with two attached hydrogens (primary N) is 1. The van der Waals surface area contributed by atoms with Gasteiger partial charge in [-0.25, -0.2) is 0 Å². The maximum Gasteiger partial charge on any atom is 0.0975 e. The van der Waals surface area contributed by atoms with Gasteiger partial charge in [-0.1, -0.05) is 29.8 Å². The van der Waals surface area contributed by atoms with Gasteiger partial charge >= 0.3 is 0 Å². The van der Waals surface area contributed by atoms with Crippen LogP contribution >= 0.6 is 11.8 Å². The minimum absolute atomic E-state index is 0.163. The summed E-state index contributed by atoms with van der Waals surface area (Å²) in [5.41, 5.74) is 11.0. The molecule has 0 saturated carbocycles. The van der Waals surface area contributed by atoms with E-state index in [-0.39, 0.29) is 6.04 Å². The van der Waals surface area contributed by atoms with Gasteiger partial charge in [-0.2, -0.15) is 5.10 Å². The Balaban J connectivity index is 2.16. The zero-order valence-corrected chi connectivity index (χ0v) is 13.5. The molecule has 0 aliphatic carbocycles. The van der Waals surface area contributed by atoms with E-state index >= 15 is 0 Å². The molecule has 1 atom stereocenters. The Bertz CT molecular complexity index is 587. The summed E-state index contributed by atoms with van der Waals surface area (Å²) >= 11 is 1.84. The van der Waals surface area contributed by atoms with Crippen LogP contribution < -0.4 is 5.73 Å². The average Bonchev–Trinajstić information content (AvgIpc) is 2.61. The molecule has 108 valence electrons. The van der Waals surface area contributed by atoms with Gasteiger partial charge in [-0.15, -0.1) is 11.8 Å². The number of thioether (sulfide) groups is 1. The Kier molecular flexibility index (Phi) is 4.89. The SMILES string of the molecule is Cc1cccc(CSc2c(CC(C)N)c(C)nn2C)c1. The van der Waals surface area contributed by atoms with E-state index in [1.165, 1.54) is 21.7 Å². The Morgan fingerprint density at radius 1 is 1.35 bits per heavy atom. The van der Waals surface area contributed by atoms with Gasteiger partial charge in [-0.05, 0) is 32.8 Å². The molecule has 0 spiro atoms. The van der Waals surface area contributed by atoms with E-state index in [1.54, 1.807) is 0 Å². The van der Waals surface area contributed by atoms with Gasteiger partial charge in [-0.3, -0.25) is 4.68 Å². The predicted molar refractivity (Wildman–Crippen MR) is 86.0 cm³/mol. The average molecular weight is 289 g/mol. The van der Waals surface area contributed by atoms with Gasteiger partial charge in [0.25, 0.3) is 0 Å². The fourth-order valence-electron chi connectivity index (χ4n) is 2.37. The summed E-state index contributed by atoms with van der Waals surface area (Å²) < 4.78 is 1.98. The van der Waals surface area contributed by atoms with Crippen molar-refractivity contribution in [2.24, 2.45) is 12.8 Å².